The molecule has 2 heterocycles. The average Bonchev–Trinajstić information content (AvgIpc) is 2.89. The largest absolute Gasteiger partial charge is 0.316 e. The third kappa shape index (κ3) is 3.30. The minimum atomic E-state index is 0. The molecule has 2 aliphatic rings. The van der Waals surface area contributed by atoms with E-state index in [0.29, 0.717) is 6.04 Å². The molecule has 2 saturated heterocycles. The Hall–Kier alpha value is -0.280. The van der Waals surface area contributed by atoms with E-state index in [4.69, 9.17) is 11.6 Å². The lowest BCUT2D eigenvalue weighted by atomic mass is 9.87. The summed E-state index contributed by atoms with van der Waals surface area (Å²) in [5.41, 5.74) is 1.41. The molecule has 3 rings (SSSR count). The number of fused-ring (bicyclic) bond motifs is 1. The Labute approximate surface area is 133 Å². The lowest BCUT2D eigenvalue weighted by molar-refractivity contribution is 0.101. The summed E-state index contributed by atoms with van der Waals surface area (Å²) < 4.78 is 0. The topological polar surface area (TPSA) is 15.3 Å². The van der Waals surface area contributed by atoms with Crippen molar-refractivity contribution in [2.75, 3.05) is 26.2 Å². The molecule has 2 aliphatic heterocycles. The first-order chi connectivity index (χ1) is 9.28. The van der Waals surface area contributed by atoms with Gasteiger partial charge < -0.3 is 5.32 Å². The van der Waals surface area contributed by atoms with Crippen molar-refractivity contribution in [2.24, 2.45) is 11.8 Å². The standard InChI is InChI=1S/C16H23ClN2.ClH/c1-2-16(12-3-5-15(17)6-4-12)19-8-7-13-9-18-10-14(13)11-19;/h3-6,13-14,16,18H,2,7-11H2,1H3;1H. The minimum Gasteiger partial charge on any atom is -0.316 e. The third-order valence-electron chi connectivity index (χ3n) is 4.82. The maximum absolute atomic E-state index is 6.00. The number of hydrogen-bond acceptors (Lipinski definition) is 2. The third-order valence-corrected chi connectivity index (χ3v) is 5.07. The average molecular weight is 315 g/mol. The number of piperidine rings is 1. The van der Waals surface area contributed by atoms with Gasteiger partial charge in [-0.15, -0.1) is 12.4 Å². The fraction of sp³-hybridized carbons (Fsp3) is 0.625. The number of halogens is 2. The van der Waals surface area contributed by atoms with Gasteiger partial charge in [-0.1, -0.05) is 30.7 Å². The Morgan fingerprint density at radius 2 is 1.95 bits per heavy atom. The van der Waals surface area contributed by atoms with Crippen LogP contribution in [-0.2, 0) is 0 Å². The summed E-state index contributed by atoms with van der Waals surface area (Å²) in [5.74, 6) is 1.77. The Morgan fingerprint density at radius 1 is 1.25 bits per heavy atom. The van der Waals surface area contributed by atoms with E-state index in [0.717, 1.165) is 16.9 Å². The van der Waals surface area contributed by atoms with Gasteiger partial charge >= 0.3 is 0 Å². The summed E-state index contributed by atoms with van der Waals surface area (Å²) >= 11 is 6.00. The van der Waals surface area contributed by atoms with Crippen LogP contribution in [0.3, 0.4) is 0 Å². The van der Waals surface area contributed by atoms with E-state index in [9.17, 15) is 0 Å². The van der Waals surface area contributed by atoms with E-state index in [-0.39, 0.29) is 12.4 Å². The molecule has 20 heavy (non-hydrogen) atoms. The molecule has 2 nitrogen and oxygen atoms in total. The van der Waals surface area contributed by atoms with Crippen molar-refractivity contribution in [1.82, 2.24) is 10.2 Å². The number of likely N-dealkylation sites (tertiary alicyclic amines) is 1. The summed E-state index contributed by atoms with van der Waals surface area (Å²) in [6, 6.07) is 8.97. The van der Waals surface area contributed by atoms with E-state index in [1.807, 2.05) is 12.1 Å². The Bertz CT molecular complexity index is 421. The van der Waals surface area contributed by atoms with Crippen LogP contribution in [0.4, 0.5) is 0 Å². The molecule has 4 heteroatoms. The second kappa shape index (κ2) is 7.13. The molecule has 0 spiro atoms. The van der Waals surface area contributed by atoms with Gasteiger partial charge in [-0.3, -0.25) is 4.90 Å². The van der Waals surface area contributed by atoms with Gasteiger partial charge in [0.1, 0.15) is 0 Å². The van der Waals surface area contributed by atoms with Crippen LogP contribution in [0.2, 0.25) is 5.02 Å². The lowest BCUT2D eigenvalue weighted by Crippen LogP contribution is -2.41. The molecule has 3 atom stereocenters. The maximum atomic E-state index is 6.00. The summed E-state index contributed by atoms with van der Waals surface area (Å²) in [6.07, 6.45) is 2.52. The van der Waals surface area contributed by atoms with Crippen LogP contribution in [0.5, 0.6) is 0 Å². The van der Waals surface area contributed by atoms with Gasteiger partial charge in [0.2, 0.25) is 0 Å². The van der Waals surface area contributed by atoms with Crippen LogP contribution in [0.15, 0.2) is 24.3 Å². The first-order valence-electron chi connectivity index (χ1n) is 7.48. The highest BCUT2D eigenvalue weighted by atomic mass is 35.5. The van der Waals surface area contributed by atoms with Crippen molar-refractivity contribution in [3.8, 4) is 0 Å². The molecule has 1 aromatic rings. The van der Waals surface area contributed by atoms with Crippen molar-refractivity contribution in [3.05, 3.63) is 34.9 Å². The smallest absolute Gasteiger partial charge is 0.0406 e. The van der Waals surface area contributed by atoms with Gasteiger partial charge in [-0.05, 0) is 62.0 Å². The van der Waals surface area contributed by atoms with E-state index in [2.05, 4.69) is 29.3 Å². The second-order valence-corrected chi connectivity index (χ2v) is 6.37. The van der Waals surface area contributed by atoms with Crippen molar-refractivity contribution in [2.45, 2.75) is 25.8 Å². The second-order valence-electron chi connectivity index (χ2n) is 5.94. The van der Waals surface area contributed by atoms with Crippen LogP contribution in [0.25, 0.3) is 0 Å². The molecule has 0 aromatic heterocycles. The molecule has 0 amide bonds. The van der Waals surface area contributed by atoms with Gasteiger partial charge in [0, 0.05) is 17.6 Å². The maximum Gasteiger partial charge on any atom is 0.0406 e. The van der Waals surface area contributed by atoms with Crippen LogP contribution in [0.1, 0.15) is 31.4 Å². The van der Waals surface area contributed by atoms with Gasteiger partial charge in [-0.25, -0.2) is 0 Å². The zero-order valence-electron chi connectivity index (χ0n) is 12.0. The molecule has 0 aliphatic carbocycles. The zero-order valence-corrected chi connectivity index (χ0v) is 13.6. The number of nitrogens with zero attached hydrogens (tertiary/aromatic N) is 1. The van der Waals surface area contributed by atoms with E-state index < -0.39 is 0 Å². The predicted molar refractivity (Wildman–Crippen MR) is 87.8 cm³/mol. The monoisotopic (exact) mass is 314 g/mol. The molecule has 1 N–H and O–H groups in total. The van der Waals surface area contributed by atoms with Crippen LogP contribution >= 0.6 is 24.0 Å². The molecule has 1 aromatic carbocycles. The molecule has 0 saturated carbocycles. The summed E-state index contributed by atoms with van der Waals surface area (Å²) in [6.45, 7) is 7.22. The van der Waals surface area contributed by atoms with E-state index in [1.54, 1.807) is 0 Å². The SMILES string of the molecule is CCC(c1ccc(Cl)cc1)N1CCC2CNCC2C1.Cl. The molecule has 2 fully saturated rings. The van der Waals surface area contributed by atoms with Gasteiger partial charge in [0.25, 0.3) is 0 Å². The number of hydrogen-bond donors (Lipinski definition) is 1. The number of rotatable bonds is 3. The number of benzene rings is 1. The van der Waals surface area contributed by atoms with E-state index >= 15 is 0 Å². The van der Waals surface area contributed by atoms with Crippen LogP contribution in [-0.4, -0.2) is 31.1 Å². The number of nitrogens with one attached hydrogen (secondary N) is 1. The van der Waals surface area contributed by atoms with Crippen molar-refractivity contribution >= 4 is 24.0 Å². The highest BCUT2D eigenvalue weighted by Gasteiger charge is 2.35. The Balaban J connectivity index is 0.00000147. The fourth-order valence-corrected chi connectivity index (χ4v) is 3.86. The van der Waals surface area contributed by atoms with Gasteiger partial charge in [-0.2, -0.15) is 0 Å². The molecular formula is C16H24Cl2N2. The minimum absolute atomic E-state index is 0. The van der Waals surface area contributed by atoms with E-state index in [1.165, 1.54) is 44.6 Å². The summed E-state index contributed by atoms with van der Waals surface area (Å²) in [7, 11) is 0. The molecule has 112 valence electrons. The summed E-state index contributed by atoms with van der Waals surface area (Å²) in [4.78, 5) is 2.68. The highest BCUT2D eigenvalue weighted by molar-refractivity contribution is 6.30. The molecule has 0 bridgehead atoms. The first kappa shape index (κ1) is 16.1. The highest BCUT2D eigenvalue weighted by Crippen LogP contribution is 2.33. The molecule has 0 radical (unpaired) electrons. The fourth-order valence-electron chi connectivity index (χ4n) is 3.74. The van der Waals surface area contributed by atoms with Gasteiger partial charge in [0.05, 0.1) is 0 Å². The Kier molecular flexibility index (Phi) is 5.74. The van der Waals surface area contributed by atoms with Crippen molar-refractivity contribution in [1.29, 1.82) is 0 Å². The quantitative estimate of drug-likeness (QED) is 0.914. The predicted octanol–water partition coefficient (Wildman–Crippen LogP) is 3.75. The zero-order chi connectivity index (χ0) is 13.2. The normalized spacial score (nSPS) is 27.7. The summed E-state index contributed by atoms with van der Waals surface area (Å²) in [5, 5.41) is 4.38. The molecular weight excluding hydrogens is 291 g/mol. The first-order valence-corrected chi connectivity index (χ1v) is 7.86. The van der Waals surface area contributed by atoms with Crippen molar-refractivity contribution in [3.63, 3.8) is 0 Å². The van der Waals surface area contributed by atoms with Crippen LogP contribution < -0.4 is 5.32 Å². The molecule has 3 unspecified atom stereocenters. The lowest BCUT2D eigenvalue weighted by Gasteiger charge is -2.39. The van der Waals surface area contributed by atoms with Gasteiger partial charge in [0.15, 0.2) is 0 Å². The Morgan fingerprint density at radius 3 is 2.65 bits per heavy atom. The van der Waals surface area contributed by atoms with Crippen LogP contribution in [0, 0.1) is 11.8 Å². The van der Waals surface area contributed by atoms with Crippen molar-refractivity contribution < 1.29 is 0 Å².